The molecule has 0 aliphatic heterocycles. The molecule has 5 heterocycles. The van der Waals surface area contributed by atoms with Crippen molar-refractivity contribution < 1.29 is 4.79 Å². The van der Waals surface area contributed by atoms with E-state index in [1.165, 1.54) is 0 Å². The van der Waals surface area contributed by atoms with Gasteiger partial charge in [-0.15, -0.1) is 0 Å². The van der Waals surface area contributed by atoms with Crippen molar-refractivity contribution in [2.45, 2.75) is 6.54 Å². The second kappa shape index (κ2) is 7.63. The van der Waals surface area contributed by atoms with Gasteiger partial charge in [-0.25, -0.2) is 4.68 Å². The van der Waals surface area contributed by atoms with Crippen molar-refractivity contribution in [1.82, 2.24) is 29.5 Å². The van der Waals surface area contributed by atoms with Crippen LogP contribution in [-0.4, -0.2) is 30.1 Å². The molecule has 0 radical (unpaired) electrons. The summed E-state index contributed by atoms with van der Waals surface area (Å²) >= 11 is 0. The van der Waals surface area contributed by atoms with Crippen LogP contribution in [0.1, 0.15) is 16.1 Å². The van der Waals surface area contributed by atoms with E-state index in [2.05, 4.69) is 43.1 Å². The molecule has 30 heavy (non-hydrogen) atoms. The molecule has 0 aromatic carbocycles. The smallest absolute Gasteiger partial charge is 0.272 e. The van der Waals surface area contributed by atoms with Gasteiger partial charge in [0.05, 0.1) is 0 Å². The van der Waals surface area contributed by atoms with E-state index in [4.69, 9.17) is 0 Å². The highest BCUT2D eigenvalue weighted by Gasteiger charge is 2.12. The topological polar surface area (TPSA) is 77.1 Å². The Balaban J connectivity index is 1.41. The summed E-state index contributed by atoms with van der Waals surface area (Å²) in [6.45, 7) is 0.428. The highest BCUT2D eigenvalue weighted by atomic mass is 16.1. The van der Waals surface area contributed by atoms with E-state index in [9.17, 15) is 4.79 Å². The fourth-order valence-corrected chi connectivity index (χ4v) is 3.33. The van der Waals surface area contributed by atoms with Crippen LogP contribution >= 0.6 is 0 Å². The predicted molar refractivity (Wildman–Crippen MR) is 113 cm³/mol. The third-order valence-corrected chi connectivity index (χ3v) is 4.90. The summed E-state index contributed by atoms with van der Waals surface area (Å²) < 4.78 is 3.77. The van der Waals surface area contributed by atoms with Crippen molar-refractivity contribution in [3.05, 3.63) is 103 Å². The number of pyridine rings is 3. The summed E-state index contributed by atoms with van der Waals surface area (Å²) in [5.41, 5.74) is 4.55. The van der Waals surface area contributed by atoms with Crippen LogP contribution < -0.4 is 5.32 Å². The molecule has 5 rings (SSSR count). The van der Waals surface area contributed by atoms with Crippen molar-refractivity contribution in [2.75, 3.05) is 0 Å². The Bertz CT molecular complexity index is 1310. The van der Waals surface area contributed by atoms with Crippen LogP contribution in [0.3, 0.4) is 0 Å². The van der Waals surface area contributed by atoms with E-state index >= 15 is 0 Å². The van der Waals surface area contributed by atoms with Crippen molar-refractivity contribution >= 4 is 11.4 Å². The molecular formula is C23H18N6O. The number of nitrogens with one attached hydrogen (secondary N) is 1. The maximum atomic E-state index is 12.5. The fourth-order valence-electron chi connectivity index (χ4n) is 3.33. The van der Waals surface area contributed by atoms with Crippen molar-refractivity contribution in [3.8, 4) is 16.9 Å². The summed E-state index contributed by atoms with van der Waals surface area (Å²) in [6, 6.07) is 17.5. The zero-order chi connectivity index (χ0) is 20.3. The Hall–Kier alpha value is -4.26. The van der Waals surface area contributed by atoms with Crippen LogP contribution in [0.5, 0.6) is 0 Å². The second-order valence-electron chi connectivity index (χ2n) is 6.82. The van der Waals surface area contributed by atoms with E-state index in [-0.39, 0.29) is 5.91 Å². The quantitative estimate of drug-likeness (QED) is 0.495. The molecule has 5 aromatic heterocycles. The van der Waals surface area contributed by atoms with Crippen molar-refractivity contribution in [2.24, 2.45) is 0 Å². The largest absolute Gasteiger partial charge is 0.347 e. The van der Waals surface area contributed by atoms with E-state index in [0.29, 0.717) is 12.2 Å². The number of carbonyl (C=O) groups is 1. The van der Waals surface area contributed by atoms with E-state index in [0.717, 1.165) is 28.0 Å². The van der Waals surface area contributed by atoms with Gasteiger partial charge in [0.15, 0.2) is 5.69 Å². The lowest BCUT2D eigenvalue weighted by Gasteiger charge is -2.07. The van der Waals surface area contributed by atoms with Crippen LogP contribution in [0.25, 0.3) is 22.5 Å². The normalized spacial score (nSPS) is 10.9. The summed E-state index contributed by atoms with van der Waals surface area (Å²) in [4.78, 5) is 20.5. The Labute approximate surface area is 172 Å². The zero-order valence-corrected chi connectivity index (χ0v) is 16.0. The molecule has 0 saturated heterocycles. The minimum atomic E-state index is -0.219. The van der Waals surface area contributed by atoms with Gasteiger partial charge in [-0.1, -0.05) is 6.07 Å². The van der Waals surface area contributed by atoms with Gasteiger partial charge in [-0.05, 0) is 65.2 Å². The maximum absolute atomic E-state index is 12.5. The molecule has 0 spiro atoms. The van der Waals surface area contributed by atoms with E-state index in [1.54, 1.807) is 41.7 Å². The first kappa shape index (κ1) is 17.8. The number of carbonyl (C=O) groups excluding carboxylic acids is 1. The molecule has 5 aromatic rings. The van der Waals surface area contributed by atoms with Gasteiger partial charge in [-0.3, -0.25) is 14.8 Å². The summed E-state index contributed by atoms with van der Waals surface area (Å²) in [7, 11) is 0. The average molecular weight is 394 g/mol. The van der Waals surface area contributed by atoms with Crippen LogP contribution in [0.4, 0.5) is 0 Å². The molecule has 1 amide bonds. The zero-order valence-electron chi connectivity index (χ0n) is 16.0. The van der Waals surface area contributed by atoms with Crippen LogP contribution in [0.2, 0.25) is 0 Å². The summed E-state index contributed by atoms with van der Waals surface area (Å²) in [5, 5.41) is 7.37. The molecule has 0 saturated carbocycles. The van der Waals surface area contributed by atoms with Crippen molar-refractivity contribution in [3.63, 3.8) is 0 Å². The molecule has 0 unspecified atom stereocenters. The molecule has 0 aliphatic rings. The second-order valence-corrected chi connectivity index (χ2v) is 6.82. The molecular weight excluding hydrogens is 376 g/mol. The van der Waals surface area contributed by atoms with Crippen LogP contribution in [-0.2, 0) is 6.54 Å². The number of rotatable bonds is 5. The SMILES string of the molecule is O=C(NCc1ccncc1)c1ccn(-c2ccc3ccc(-c4ccncc4)cn23)n1. The molecule has 7 nitrogen and oxygen atoms in total. The average Bonchev–Trinajstić information content (AvgIpc) is 3.45. The molecule has 7 heteroatoms. The van der Waals surface area contributed by atoms with Crippen molar-refractivity contribution in [1.29, 1.82) is 0 Å². The van der Waals surface area contributed by atoms with E-state index < -0.39 is 0 Å². The van der Waals surface area contributed by atoms with Crippen LogP contribution in [0, 0.1) is 0 Å². The first-order chi connectivity index (χ1) is 14.8. The molecule has 146 valence electrons. The Morgan fingerprint density at radius 3 is 2.37 bits per heavy atom. The minimum absolute atomic E-state index is 0.219. The number of aromatic nitrogens is 5. The van der Waals surface area contributed by atoms with Gasteiger partial charge >= 0.3 is 0 Å². The lowest BCUT2D eigenvalue weighted by Crippen LogP contribution is -2.23. The monoisotopic (exact) mass is 394 g/mol. The Morgan fingerprint density at radius 1 is 0.833 bits per heavy atom. The number of amides is 1. The predicted octanol–water partition coefficient (Wildman–Crippen LogP) is 3.51. The maximum Gasteiger partial charge on any atom is 0.272 e. The van der Waals surface area contributed by atoms with Gasteiger partial charge < -0.3 is 9.72 Å². The Kier molecular flexibility index (Phi) is 4.53. The Morgan fingerprint density at radius 2 is 1.57 bits per heavy atom. The minimum Gasteiger partial charge on any atom is -0.347 e. The highest BCUT2D eigenvalue weighted by Crippen LogP contribution is 2.22. The lowest BCUT2D eigenvalue weighted by molar-refractivity contribution is 0.0945. The van der Waals surface area contributed by atoms with Gasteiger partial charge in [0, 0.05) is 49.2 Å². The number of hydrogen-bond donors (Lipinski definition) is 1. The first-order valence-corrected chi connectivity index (χ1v) is 9.52. The van der Waals surface area contributed by atoms with Gasteiger partial charge in [0.1, 0.15) is 5.82 Å². The third kappa shape index (κ3) is 3.44. The molecule has 0 fully saturated rings. The molecule has 0 atom stereocenters. The molecule has 0 aliphatic carbocycles. The highest BCUT2D eigenvalue weighted by molar-refractivity contribution is 5.92. The number of fused-ring (bicyclic) bond motifs is 1. The van der Waals surface area contributed by atoms with Gasteiger partial charge in [0.2, 0.25) is 0 Å². The standard InChI is InChI=1S/C23H18N6O/c30-23(26-15-17-5-10-24-11-6-17)21-9-14-29(27-21)22-4-3-20-2-1-19(16-28(20)22)18-7-12-25-13-8-18/h1-14,16H,15H2,(H,26,30). The van der Waals surface area contributed by atoms with Gasteiger partial charge in [0.25, 0.3) is 5.91 Å². The molecule has 1 N–H and O–H groups in total. The van der Waals surface area contributed by atoms with Gasteiger partial charge in [-0.2, -0.15) is 5.10 Å². The summed E-state index contributed by atoms with van der Waals surface area (Å²) in [6.07, 6.45) is 10.8. The summed E-state index contributed by atoms with van der Waals surface area (Å²) in [5.74, 6) is 0.637. The number of hydrogen-bond acceptors (Lipinski definition) is 4. The lowest BCUT2D eigenvalue weighted by atomic mass is 10.1. The number of nitrogens with zero attached hydrogens (tertiary/aromatic N) is 5. The van der Waals surface area contributed by atoms with Crippen LogP contribution in [0.15, 0.2) is 91.8 Å². The third-order valence-electron chi connectivity index (χ3n) is 4.90. The molecule has 0 bridgehead atoms. The fraction of sp³-hybridized carbons (Fsp3) is 0.0435. The first-order valence-electron chi connectivity index (χ1n) is 9.52. The van der Waals surface area contributed by atoms with E-state index in [1.807, 2.05) is 36.4 Å².